The Morgan fingerprint density at radius 2 is 2.05 bits per heavy atom. The van der Waals surface area contributed by atoms with E-state index in [2.05, 4.69) is 62.1 Å². The average molecular weight is 269 g/mol. The maximum atomic E-state index is 5.80. The molecule has 2 aromatic rings. The maximum Gasteiger partial charge on any atom is 0.124 e. The van der Waals surface area contributed by atoms with Gasteiger partial charge in [0.2, 0.25) is 0 Å². The van der Waals surface area contributed by atoms with Gasteiger partial charge in [0.25, 0.3) is 0 Å². The molecule has 0 aliphatic heterocycles. The van der Waals surface area contributed by atoms with Gasteiger partial charge in [0.05, 0.1) is 0 Å². The van der Waals surface area contributed by atoms with Crippen molar-refractivity contribution < 1.29 is 4.74 Å². The molecule has 0 aliphatic carbocycles. The lowest BCUT2D eigenvalue weighted by atomic mass is 10.0. The van der Waals surface area contributed by atoms with Crippen LogP contribution in [-0.2, 0) is 6.54 Å². The van der Waals surface area contributed by atoms with Crippen LogP contribution >= 0.6 is 0 Å². The fraction of sp³-hybridized carbons (Fsp3) is 0.333. The third-order valence-electron chi connectivity index (χ3n) is 3.59. The summed E-state index contributed by atoms with van der Waals surface area (Å²) in [4.78, 5) is 0. The van der Waals surface area contributed by atoms with Crippen LogP contribution in [0.1, 0.15) is 25.8 Å². The van der Waals surface area contributed by atoms with Gasteiger partial charge in [-0.3, -0.25) is 0 Å². The Morgan fingerprint density at radius 1 is 1.25 bits per heavy atom. The molecule has 0 bridgehead atoms. The number of fused-ring (bicyclic) bond motifs is 1. The van der Waals surface area contributed by atoms with Gasteiger partial charge in [0, 0.05) is 18.2 Å². The molecule has 20 heavy (non-hydrogen) atoms. The number of hydrogen-bond donors (Lipinski definition) is 1. The van der Waals surface area contributed by atoms with Crippen LogP contribution in [0.25, 0.3) is 10.8 Å². The SMILES string of the molecule is C=CCOc1ccc2ccccc2c1CN[C@@H](C)CC. The highest BCUT2D eigenvalue weighted by molar-refractivity contribution is 5.87. The number of ether oxygens (including phenoxy) is 1. The summed E-state index contributed by atoms with van der Waals surface area (Å²) in [6, 6.07) is 13.1. The van der Waals surface area contributed by atoms with Gasteiger partial charge in [-0.05, 0) is 30.2 Å². The Balaban J connectivity index is 2.36. The standard InChI is InChI=1S/C18H23NO/c1-4-12-20-18-11-10-15-8-6-7-9-16(15)17(18)13-19-14(3)5-2/h4,6-11,14,19H,1,5,12-13H2,2-3H3/t14-/m0/s1. The maximum absolute atomic E-state index is 5.80. The van der Waals surface area contributed by atoms with E-state index < -0.39 is 0 Å². The van der Waals surface area contributed by atoms with E-state index in [1.807, 2.05) is 0 Å². The van der Waals surface area contributed by atoms with Crippen molar-refractivity contribution >= 4 is 10.8 Å². The van der Waals surface area contributed by atoms with Crippen LogP contribution < -0.4 is 10.1 Å². The van der Waals surface area contributed by atoms with Crippen molar-refractivity contribution in [2.45, 2.75) is 32.9 Å². The van der Waals surface area contributed by atoms with Gasteiger partial charge in [-0.15, -0.1) is 0 Å². The molecular weight excluding hydrogens is 246 g/mol. The summed E-state index contributed by atoms with van der Waals surface area (Å²) in [5.41, 5.74) is 1.23. The van der Waals surface area contributed by atoms with E-state index in [0.29, 0.717) is 12.6 Å². The van der Waals surface area contributed by atoms with E-state index in [1.165, 1.54) is 16.3 Å². The number of nitrogens with one attached hydrogen (secondary N) is 1. The van der Waals surface area contributed by atoms with Crippen LogP contribution in [0.3, 0.4) is 0 Å². The summed E-state index contributed by atoms with van der Waals surface area (Å²) in [6.07, 6.45) is 2.90. The minimum atomic E-state index is 0.501. The van der Waals surface area contributed by atoms with Gasteiger partial charge in [-0.1, -0.05) is 49.9 Å². The topological polar surface area (TPSA) is 21.3 Å². The summed E-state index contributed by atoms with van der Waals surface area (Å²) < 4.78 is 5.80. The molecule has 2 rings (SSSR count). The Kier molecular flexibility index (Phi) is 5.19. The largest absolute Gasteiger partial charge is 0.489 e. The summed E-state index contributed by atoms with van der Waals surface area (Å²) in [6.45, 7) is 9.47. The summed E-state index contributed by atoms with van der Waals surface area (Å²) in [5.74, 6) is 0.944. The third kappa shape index (κ3) is 3.40. The predicted octanol–water partition coefficient (Wildman–Crippen LogP) is 4.29. The molecule has 0 radical (unpaired) electrons. The molecule has 2 aromatic carbocycles. The fourth-order valence-electron chi connectivity index (χ4n) is 2.20. The lowest BCUT2D eigenvalue weighted by molar-refractivity contribution is 0.357. The average Bonchev–Trinajstić information content (AvgIpc) is 2.50. The molecule has 1 N–H and O–H groups in total. The summed E-state index contributed by atoms with van der Waals surface area (Å²) >= 11 is 0. The first-order valence-corrected chi connectivity index (χ1v) is 7.24. The van der Waals surface area contributed by atoms with Crippen molar-refractivity contribution in [3.05, 3.63) is 54.6 Å². The highest BCUT2D eigenvalue weighted by Crippen LogP contribution is 2.28. The first kappa shape index (κ1) is 14.6. The molecule has 0 heterocycles. The van der Waals surface area contributed by atoms with E-state index >= 15 is 0 Å². The van der Waals surface area contributed by atoms with Gasteiger partial charge >= 0.3 is 0 Å². The Hall–Kier alpha value is -1.80. The molecule has 106 valence electrons. The number of hydrogen-bond acceptors (Lipinski definition) is 2. The molecule has 0 saturated heterocycles. The van der Waals surface area contributed by atoms with E-state index in [0.717, 1.165) is 18.7 Å². The second-order valence-corrected chi connectivity index (χ2v) is 5.05. The highest BCUT2D eigenvalue weighted by atomic mass is 16.5. The van der Waals surface area contributed by atoms with Crippen molar-refractivity contribution in [3.63, 3.8) is 0 Å². The smallest absolute Gasteiger partial charge is 0.124 e. The minimum absolute atomic E-state index is 0.501. The number of benzene rings is 2. The third-order valence-corrected chi connectivity index (χ3v) is 3.59. The summed E-state index contributed by atoms with van der Waals surface area (Å²) in [5, 5.41) is 6.06. The van der Waals surface area contributed by atoms with Crippen LogP contribution in [0, 0.1) is 0 Å². The van der Waals surface area contributed by atoms with Gasteiger partial charge in [-0.2, -0.15) is 0 Å². The first-order chi connectivity index (χ1) is 9.76. The van der Waals surface area contributed by atoms with Crippen LogP contribution in [0.5, 0.6) is 5.75 Å². The van der Waals surface area contributed by atoms with Crippen LogP contribution in [0.15, 0.2) is 49.1 Å². The Bertz CT molecular complexity index is 577. The minimum Gasteiger partial charge on any atom is -0.489 e. The zero-order chi connectivity index (χ0) is 14.4. The number of rotatable bonds is 7. The second-order valence-electron chi connectivity index (χ2n) is 5.05. The quantitative estimate of drug-likeness (QED) is 0.757. The molecule has 0 aliphatic rings. The van der Waals surface area contributed by atoms with Crippen molar-refractivity contribution in [3.8, 4) is 5.75 Å². The molecule has 0 spiro atoms. The van der Waals surface area contributed by atoms with Crippen LogP contribution in [0.2, 0.25) is 0 Å². The zero-order valence-corrected chi connectivity index (χ0v) is 12.4. The monoisotopic (exact) mass is 269 g/mol. The Labute approximate surface area is 121 Å². The van der Waals surface area contributed by atoms with Gasteiger partial charge in [-0.25, -0.2) is 0 Å². The fourth-order valence-corrected chi connectivity index (χ4v) is 2.20. The molecule has 0 amide bonds. The van der Waals surface area contributed by atoms with Crippen molar-refractivity contribution in [2.24, 2.45) is 0 Å². The summed E-state index contributed by atoms with van der Waals surface area (Å²) in [7, 11) is 0. The molecule has 0 fully saturated rings. The van der Waals surface area contributed by atoms with Crippen LogP contribution in [-0.4, -0.2) is 12.6 Å². The molecule has 0 unspecified atom stereocenters. The lowest BCUT2D eigenvalue weighted by Crippen LogP contribution is -2.24. The lowest BCUT2D eigenvalue weighted by Gasteiger charge is -2.16. The van der Waals surface area contributed by atoms with Gasteiger partial charge in [0.1, 0.15) is 12.4 Å². The van der Waals surface area contributed by atoms with Crippen molar-refractivity contribution in [1.29, 1.82) is 0 Å². The van der Waals surface area contributed by atoms with Gasteiger partial charge in [0.15, 0.2) is 0 Å². The molecular formula is C18H23NO. The molecule has 1 atom stereocenters. The molecule has 2 nitrogen and oxygen atoms in total. The zero-order valence-electron chi connectivity index (χ0n) is 12.4. The molecule has 2 heteroatoms. The Morgan fingerprint density at radius 3 is 2.80 bits per heavy atom. The van der Waals surface area contributed by atoms with Crippen molar-refractivity contribution in [1.82, 2.24) is 5.32 Å². The van der Waals surface area contributed by atoms with E-state index in [-0.39, 0.29) is 0 Å². The normalized spacial score (nSPS) is 12.3. The van der Waals surface area contributed by atoms with Crippen molar-refractivity contribution in [2.75, 3.05) is 6.61 Å². The van der Waals surface area contributed by atoms with E-state index in [1.54, 1.807) is 6.08 Å². The van der Waals surface area contributed by atoms with E-state index in [9.17, 15) is 0 Å². The highest BCUT2D eigenvalue weighted by Gasteiger charge is 2.09. The predicted molar refractivity (Wildman–Crippen MR) is 86.2 cm³/mol. The first-order valence-electron chi connectivity index (χ1n) is 7.24. The van der Waals surface area contributed by atoms with E-state index in [4.69, 9.17) is 4.74 Å². The second kappa shape index (κ2) is 7.11. The van der Waals surface area contributed by atoms with Crippen LogP contribution in [0.4, 0.5) is 0 Å². The van der Waals surface area contributed by atoms with Gasteiger partial charge < -0.3 is 10.1 Å². The molecule has 0 saturated carbocycles. The molecule has 0 aromatic heterocycles.